The molecule has 0 bridgehead atoms. The predicted octanol–water partition coefficient (Wildman–Crippen LogP) is 0.828. The molecule has 0 fully saturated rings. The number of phenols is 1. The number of methoxy groups -OCH3 is 1. The van der Waals surface area contributed by atoms with Crippen molar-refractivity contribution >= 4 is 22.9 Å². The number of nitrogens with zero attached hydrogens (tertiary/aromatic N) is 4. The third kappa shape index (κ3) is 2.09. The number of nitrogens with two attached hydrogens (primary N) is 2. The number of fused-ring (bicyclic) bond motifs is 1. The first-order valence-electron chi connectivity index (χ1n) is 7.04. The minimum absolute atomic E-state index is 0.0210. The average Bonchev–Trinajstić information content (AvgIpc) is 2.83. The Labute approximate surface area is 136 Å². The van der Waals surface area contributed by atoms with E-state index in [0.717, 1.165) is 5.56 Å². The first kappa shape index (κ1) is 15.5. The average molecular weight is 328 g/mol. The lowest BCUT2D eigenvalue weighted by atomic mass is 10.1. The molecule has 9 nitrogen and oxygen atoms in total. The van der Waals surface area contributed by atoms with Gasteiger partial charge in [-0.25, -0.2) is 0 Å². The number of anilines is 1. The zero-order valence-electron chi connectivity index (χ0n) is 13.4. The molecule has 9 heteroatoms. The summed E-state index contributed by atoms with van der Waals surface area (Å²) in [5, 5.41) is 17.8. The van der Waals surface area contributed by atoms with Gasteiger partial charge in [-0.2, -0.15) is 4.98 Å². The van der Waals surface area contributed by atoms with E-state index in [1.807, 2.05) is 6.92 Å². The van der Waals surface area contributed by atoms with Crippen LogP contribution >= 0.6 is 0 Å². The molecule has 0 saturated heterocycles. The number of carbonyl (C=O) groups excluding carboxylic acids is 1. The zero-order chi connectivity index (χ0) is 17.6. The summed E-state index contributed by atoms with van der Waals surface area (Å²) < 4.78 is 6.53. The van der Waals surface area contributed by atoms with Crippen molar-refractivity contribution in [2.24, 2.45) is 5.73 Å². The standard InChI is InChI=1S/C15H16N6O3/c1-6-4-5-8(22)7(2)11(6)21-12(16)9(13(17)23)10-14(21)18-15(24-3)20-19-10/h4-5,22H,16H2,1-3H3,(H2,17,23). The molecule has 3 rings (SSSR count). The maximum atomic E-state index is 11.8. The zero-order valence-corrected chi connectivity index (χ0v) is 13.4. The third-order valence-corrected chi connectivity index (χ3v) is 3.85. The van der Waals surface area contributed by atoms with Crippen LogP contribution in [0.25, 0.3) is 16.9 Å². The van der Waals surface area contributed by atoms with Crippen LogP contribution in [0.4, 0.5) is 5.82 Å². The van der Waals surface area contributed by atoms with Gasteiger partial charge in [0, 0.05) is 5.56 Å². The van der Waals surface area contributed by atoms with Crippen molar-refractivity contribution in [1.82, 2.24) is 19.7 Å². The number of aryl methyl sites for hydroxylation is 1. The Bertz CT molecular complexity index is 979. The van der Waals surface area contributed by atoms with Crippen molar-refractivity contribution in [1.29, 1.82) is 0 Å². The van der Waals surface area contributed by atoms with Crippen molar-refractivity contribution < 1.29 is 14.6 Å². The minimum atomic E-state index is -0.743. The number of rotatable bonds is 3. The van der Waals surface area contributed by atoms with E-state index in [1.54, 1.807) is 19.1 Å². The van der Waals surface area contributed by atoms with Crippen molar-refractivity contribution in [3.8, 4) is 17.4 Å². The van der Waals surface area contributed by atoms with Crippen LogP contribution in [-0.2, 0) is 0 Å². The molecule has 0 spiro atoms. The summed E-state index contributed by atoms with van der Waals surface area (Å²) in [5.41, 5.74) is 14.0. The van der Waals surface area contributed by atoms with E-state index < -0.39 is 5.91 Å². The van der Waals surface area contributed by atoms with E-state index in [-0.39, 0.29) is 34.3 Å². The second-order valence-corrected chi connectivity index (χ2v) is 5.31. The molecule has 0 radical (unpaired) electrons. The topological polar surface area (TPSA) is 142 Å². The number of primary amides is 1. The Morgan fingerprint density at radius 1 is 1.29 bits per heavy atom. The summed E-state index contributed by atoms with van der Waals surface area (Å²) in [6, 6.07) is 3.34. The number of carbonyl (C=O) groups is 1. The maximum Gasteiger partial charge on any atom is 0.337 e. The molecule has 0 aliphatic carbocycles. The van der Waals surface area contributed by atoms with Crippen LogP contribution in [0.3, 0.4) is 0 Å². The van der Waals surface area contributed by atoms with Gasteiger partial charge in [-0.05, 0) is 25.5 Å². The predicted molar refractivity (Wildman–Crippen MR) is 87.3 cm³/mol. The molecule has 1 aromatic carbocycles. The van der Waals surface area contributed by atoms with Crippen LogP contribution < -0.4 is 16.2 Å². The van der Waals surface area contributed by atoms with E-state index in [0.29, 0.717) is 11.3 Å². The quantitative estimate of drug-likeness (QED) is 0.646. The Kier molecular flexibility index (Phi) is 3.48. The molecule has 0 saturated carbocycles. The molecule has 0 aliphatic rings. The fourth-order valence-corrected chi connectivity index (χ4v) is 2.69. The minimum Gasteiger partial charge on any atom is -0.508 e. The van der Waals surface area contributed by atoms with Gasteiger partial charge in [0.2, 0.25) is 0 Å². The van der Waals surface area contributed by atoms with Gasteiger partial charge in [0.25, 0.3) is 5.91 Å². The molecular weight excluding hydrogens is 312 g/mol. The SMILES string of the molecule is COc1nnc2c(C(N)=O)c(N)n(-c3c(C)ccc(O)c3C)c2n1. The molecule has 24 heavy (non-hydrogen) atoms. The second kappa shape index (κ2) is 5.37. The number of hydrogen-bond acceptors (Lipinski definition) is 7. The van der Waals surface area contributed by atoms with Crippen LogP contribution in [0.2, 0.25) is 0 Å². The Hall–Kier alpha value is -3.36. The number of amides is 1. The van der Waals surface area contributed by atoms with Gasteiger partial charge in [0.1, 0.15) is 22.6 Å². The highest BCUT2D eigenvalue weighted by Crippen LogP contribution is 2.34. The molecule has 3 aromatic rings. The van der Waals surface area contributed by atoms with Gasteiger partial charge in [0.05, 0.1) is 12.8 Å². The van der Waals surface area contributed by atoms with Crippen molar-refractivity contribution in [2.75, 3.05) is 12.8 Å². The molecule has 2 heterocycles. The summed E-state index contributed by atoms with van der Waals surface area (Å²) >= 11 is 0. The lowest BCUT2D eigenvalue weighted by molar-refractivity contribution is 0.100. The maximum absolute atomic E-state index is 11.8. The number of aromatic nitrogens is 4. The highest BCUT2D eigenvalue weighted by atomic mass is 16.5. The Morgan fingerprint density at radius 3 is 2.62 bits per heavy atom. The molecule has 0 unspecified atom stereocenters. The van der Waals surface area contributed by atoms with Gasteiger partial charge in [-0.3, -0.25) is 9.36 Å². The van der Waals surface area contributed by atoms with Gasteiger partial charge in [0.15, 0.2) is 5.65 Å². The van der Waals surface area contributed by atoms with E-state index in [4.69, 9.17) is 16.2 Å². The monoisotopic (exact) mass is 328 g/mol. The highest BCUT2D eigenvalue weighted by Gasteiger charge is 2.25. The first-order chi connectivity index (χ1) is 11.4. The normalized spacial score (nSPS) is 11.0. The summed E-state index contributed by atoms with van der Waals surface area (Å²) in [6.07, 6.45) is 0. The molecule has 1 amide bonds. The van der Waals surface area contributed by atoms with Crippen LogP contribution in [0.1, 0.15) is 21.5 Å². The molecular formula is C15H16N6O3. The van der Waals surface area contributed by atoms with Gasteiger partial charge in [-0.1, -0.05) is 11.2 Å². The fourth-order valence-electron chi connectivity index (χ4n) is 2.69. The van der Waals surface area contributed by atoms with Crippen molar-refractivity contribution in [3.05, 3.63) is 28.8 Å². The third-order valence-electron chi connectivity index (χ3n) is 3.85. The number of phenolic OH excluding ortho intramolecular Hbond substituents is 1. The lowest BCUT2D eigenvalue weighted by Crippen LogP contribution is -2.14. The molecule has 5 N–H and O–H groups in total. The molecule has 2 aromatic heterocycles. The van der Waals surface area contributed by atoms with E-state index in [1.165, 1.54) is 11.7 Å². The number of benzene rings is 1. The lowest BCUT2D eigenvalue weighted by Gasteiger charge is -2.15. The molecule has 124 valence electrons. The number of ether oxygens (including phenoxy) is 1. The van der Waals surface area contributed by atoms with Crippen LogP contribution in [0.5, 0.6) is 11.8 Å². The molecule has 0 aliphatic heterocycles. The van der Waals surface area contributed by atoms with E-state index in [2.05, 4.69) is 15.2 Å². The van der Waals surface area contributed by atoms with Crippen LogP contribution in [0, 0.1) is 13.8 Å². The van der Waals surface area contributed by atoms with Crippen LogP contribution in [0.15, 0.2) is 12.1 Å². The van der Waals surface area contributed by atoms with E-state index >= 15 is 0 Å². The smallest absolute Gasteiger partial charge is 0.337 e. The first-order valence-corrected chi connectivity index (χ1v) is 7.04. The van der Waals surface area contributed by atoms with Gasteiger partial charge < -0.3 is 21.3 Å². The summed E-state index contributed by atoms with van der Waals surface area (Å²) in [5.74, 6) is -0.580. The summed E-state index contributed by atoms with van der Waals surface area (Å²) in [7, 11) is 1.40. The Balaban J connectivity index is 2.51. The number of hydrogen-bond donors (Lipinski definition) is 3. The summed E-state index contributed by atoms with van der Waals surface area (Å²) in [4.78, 5) is 16.1. The van der Waals surface area contributed by atoms with Crippen molar-refractivity contribution in [3.63, 3.8) is 0 Å². The largest absolute Gasteiger partial charge is 0.508 e. The van der Waals surface area contributed by atoms with Crippen molar-refractivity contribution in [2.45, 2.75) is 13.8 Å². The highest BCUT2D eigenvalue weighted by molar-refractivity contribution is 6.09. The van der Waals surface area contributed by atoms with Gasteiger partial charge in [-0.15, -0.1) is 5.10 Å². The Morgan fingerprint density at radius 2 is 2.00 bits per heavy atom. The summed E-state index contributed by atoms with van der Waals surface area (Å²) in [6.45, 7) is 3.58. The number of aromatic hydroxyl groups is 1. The van der Waals surface area contributed by atoms with Crippen LogP contribution in [-0.4, -0.2) is 37.9 Å². The second-order valence-electron chi connectivity index (χ2n) is 5.31. The number of nitrogen functional groups attached to an aromatic ring is 1. The molecule has 0 atom stereocenters. The fraction of sp³-hybridized carbons (Fsp3) is 0.200. The van der Waals surface area contributed by atoms with E-state index in [9.17, 15) is 9.90 Å². The van der Waals surface area contributed by atoms with Gasteiger partial charge >= 0.3 is 6.01 Å².